The van der Waals surface area contributed by atoms with Crippen LogP contribution in [0.15, 0.2) is 291 Å². The van der Waals surface area contributed by atoms with E-state index in [-0.39, 0.29) is 0 Å². The van der Waals surface area contributed by atoms with Gasteiger partial charge in [-0.1, -0.05) is 218 Å². The normalized spacial score (nSPS) is 12.8. The maximum atomic E-state index is 2.49. The lowest BCUT2D eigenvalue weighted by Crippen LogP contribution is -2.26. The zero-order valence-corrected chi connectivity index (χ0v) is 42.1. The van der Waals surface area contributed by atoms with Gasteiger partial charge in [-0.2, -0.15) is 0 Å². The zero-order valence-electron chi connectivity index (χ0n) is 42.1. The number of hydrogen-bond acceptors (Lipinski definition) is 1. The number of fused-ring (bicyclic) bond motifs is 15. The fraction of sp³-hybridized carbons (Fsp3) is 0.0133. The van der Waals surface area contributed by atoms with Gasteiger partial charge in [-0.25, -0.2) is 0 Å². The number of hydrogen-bond donors (Lipinski definition) is 0. The monoisotopic (exact) mass is 976 g/mol. The second kappa shape index (κ2) is 17.0. The Hall–Kier alpha value is -10.0. The number of benzene rings is 13. The van der Waals surface area contributed by atoms with Crippen LogP contribution >= 0.6 is 0 Å². The largest absolute Gasteiger partial charge is 0.310 e. The summed E-state index contributed by atoms with van der Waals surface area (Å²) in [6.45, 7) is 0. The van der Waals surface area contributed by atoms with E-state index in [1.807, 2.05) is 0 Å². The zero-order chi connectivity index (χ0) is 50.6. The molecule has 2 aliphatic rings. The highest BCUT2D eigenvalue weighted by atomic mass is 15.1. The molecule has 77 heavy (non-hydrogen) atoms. The molecular weight excluding hydrogens is 929 g/mol. The number of nitrogens with zero attached hydrogens (tertiary/aromatic N) is 2. The van der Waals surface area contributed by atoms with Crippen LogP contribution in [0.25, 0.3) is 105 Å². The van der Waals surface area contributed by atoms with Crippen molar-refractivity contribution in [2.24, 2.45) is 0 Å². The third kappa shape index (κ3) is 6.56. The summed E-state index contributed by atoms with van der Waals surface area (Å²) in [6, 6.07) is 108. The van der Waals surface area contributed by atoms with Crippen molar-refractivity contribution in [3.63, 3.8) is 0 Å². The molecule has 0 saturated carbocycles. The number of aromatic nitrogens is 1. The van der Waals surface area contributed by atoms with Gasteiger partial charge < -0.3 is 9.47 Å². The highest BCUT2D eigenvalue weighted by molar-refractivity contribution is 6.12. The molecular formula is C75H48N2. The van der Waals surface area contributed by atoms with Gasteiger partial charge in [-0.05, 0) is 167 Å². The number of anilines is 3. The molecule has 0 radical (unpaired) electrons. The van der Waals surface area contributed by atoms with Crippen LogP contribution in [0.5, 0.6) is 0 Å². The molecule has 0 N–H and O–H groups in total. The number of rotatable bonds is 7. The highest BCUT2D eigenvalue weighted by Crippen LogP contribution is 2.63. The summed E-state index contributed by atoms with van der Waals surface area (Å²) in [5, 5.41) is 7.45. The first-order valence-corrected chi connectivity index (χ1v) is 26.7. The standard InChI is InChI=1S/C75H48N2/c1-2-18-52-44-56(35-34-49(52)16-1)50-36-39-58(40-37-50)76(60-41-42-65-64-27-7-11-31-70(64)75(71(65)48-60)68-29-9-5-25-62(68)63-26-6-10-30-69(63)75)59-23-14-22-55(46-59)53-20-13-21-54(45-53)57-38-43-74-67(47-57)66-28-8-12-32-73(66)77(74)72-33-15-19-51-17-3-4-24-61(51)72/h1-48H. The van der Waals surface area contributed by atoms with Crippen LogP contribution in [0.4, 0.5) is 17.1 Å². The minimum atomic E-state index is -0.461. The van der Waals surface area contributed by atoms with Gasteiger partial charge in [-0.3, -0.25) is 0 Å². The first kappa shape index (κ1) is 43.4. The molecule has 0 aliphatic heterocycles. The molecule has 1 aromatic heterocycles. The first-order chi connectivity index (χ1) is 38.2. The summed E-state index contributed by atoms with van der Waals surface area (Å²) < 4.78 is 2.44. The molecule has 0 bridgehead atoms. The van der Waals surface area contributed by atoms with Crippen molar-refractivity contribution in [1.29, 1.82) is 0 Å². The summed E-state index contributed by atoms with van der Waals surface area (Å²) in [4.78, 5) is 2.46. The van der Waals surface area contributed by atoms with Crippen LogP contribution in [-0.4, -0.2) is 4.57 Å². The van der Waals surface area contributed by atoms with E-state index in [4.69, 9.17) is 0 Å². The molecule has 13 aromatic carbocycles. The Labute approximate surface area is 447 Å². The van der Waals surface area contributed by atoms with Crippen LogP contribution in [0.1, 0.15) is 22.3 Å². The third-order valence-electron chi connectivity index (χ3n) is 16.8. The Bertz CT molecular complexity index is 4640. The van der Waals surface area contributed by atoms with Crippen molar-refractivity contribution in [2.45, 2.75) is 5.41 Å². The van der Waals surface area contributed by atoms with Crippen molar-refractivity contribution >= 4 is 60.4 Å². The van der Waals surface area contributed by atoms with Crippen LogP contribution in [0.2, 0.25) is 0 Å². The van der Waals surface area contributed by atoms with Crippen molar-refractivity contribution in [3.8, 4) is 61.3 Å². The molecule has 0 amide bonds. The molecule has 0 atom stereocenters. The molecule has 1 heterocycles. The minimum Gasteiger partial charge on any atom is -0.310 e. The summed E-state index contributed by atoms with van der Waals surface area (Å²) in [5.41, 5.74) is 24.0. The highest BCUT2D eigenvalue weighted by Gasteiger charge is 2.51. The topological polar surface area (TPSA) is 8.17 Å². The van der Waals surface area contributed by atoms with Crippen LogP contribution in [-0.2, 0) is 5.41 Å². The van der Waals surface area contributed by atoms with Crippen molar-refractivity contribution in [2.75, 3.05) is 4.90 Å². The fourth-order valence-electron chi connectivity index (χ4n) is 13.4. The lowest BCUT2D eigenvalue weighted by Gasteiger charge is -2.32. The van der Waals surface area contributed by atoms with E-state index in [1.165, 1.54) is 116 Å². The predicted octanol–water partition coefficient (Wildman–Crippen LogP) is 19.9. The van der Waals surface area contributed by atoms with Gasteiger partial charge in [0.1, 0.15) is 0 Å². The molecule has 0 unspecified atom stereocenters. The van der Waals surface area contributed by atoms with E-state index in [0.717, 1.165) is 28.2 Å². The van der Waals surface area contributed by atoms with E-state index in [0.29, 0.717) is 0 Å². The van der Waals surface area contributed by atoms with Gasteiger partial charge in [0.2, 0.25) is 0 Å². The smallest absolute Gasteiger partial charge is 0.0726 e. The molecule has 1 spiro atoms. The van der Waals surface area contributed by atoms with Crippen LogP contribution < -0.4 is 4.90 Å². The predicted molar refractivity (Wildman–Crippen MR) is 323 cm³/mol. The molecule has 2 heteroatoms. The Morgan fingerprint density at radius 2 is 0.740 bits per heavy atom. The van der Waals surface area contributed by atoms with E-state index in [1.54, 1.807) is 0 Å². The molecule has 16 rings (SSSR count). The Kier molecular flexibility index (Phi) is 9.58. The lowest BCUT2D eigenvalue weighted by molar-refractivity contribution is 0.793. The van der Waals surface area contributed by atoms with Gasteiger partial charge in [0, 0.05) is 33.2 Å². The van der Waals surface area contributed by atoms with Crippen molar-refractivity contribution in [1.82, 2.24) is 4.57 Å². The molecule has 2 nitrogen and oxygen atoms in total. The first-order valence-electron chi connectivity index (χ1n) is 26.7. The Balaban J connectivity index is 0.835. The van der Waals surface area contributed by atoms with Crippen molar-refractivity contribution in [3.05, 3.63) is 313 Å². The molecule has 358 valence electrons. The molecule has 14 aromatic rings. The van der Waals surface area contributed by atoms with E-state index in [9.17, 15) is 0 Å². The van der Waals surface area contributed by atoms with Gasteiger partial charge in [0.05, 0.1) is 22.1 Å². The lowest BCUT2D eigenvalue weighted by atomic mass is 9.70. The molecule has 2 aliphatic carbocycles. The summed E-state index contributed by atoms with van der Waals surface area (Å²) in [7, 11) is 0. The SMILES string of the molecule is c1cc(-c2cccc(N(c3ccc(-c4ccc5ccccc5c4)cc3)c3ccc4c(c3)C3(c5ccccc5-c5ccccc53)c3ccccc3-4)c2)cc(-c2ccc3c(c2)c2ccccc2n3-c2cccc3ccccc23)c1. The molecule has 0 fully saturated rings. The average Bonchev–Trinajstić information content (AvgIpc) is 3.72. The summed E-state index contributed by atoms with van der Waals surface area (Å²) >= 11 is 0. The second-order valence-electron chi connectivity index (χ2n) is 20.8. The summed E-state index contributed by atoms with van der Waals surface area (Å²) in [5.74, 6) is 0. The van der Waals surface area contributed by atoms with Gasteiger partial charge in [0.25, 0.3) is 0 Å². The maximum absolute atomic E-state index is 2.49. The third-order valence-corrected chi connectivity index (χ3v) is 16.8. The second-order valence-corrected chi connectivity index (χ2v) is 20.8. The van der Waals surface area contributed by atoms with Crippen LogP contribution in [0, 0.1) is 0 Å². The Morgan fingerprint density at radius 3 is 1.48 bits per heavy atom. The van der Waals surface area contributed by atoms with Gasteiger partial charge in [0.15, 0.2) is 0 Å². The minimum absolute atomic E-state index is 0.461. The van der Waals surface area contributed by atoms with Gasteiger partial charge >= 0.3 is 0 Å². The number of para-hydroxylation sites is 1. The Morgan fingerprint density at radius 1 is 0.247 bits per heavy atom. The fourth-order valence-corrected chi connectivity index (χ4v) is 13.4. The van der Waals surface area contributed by atoms with Gasteiger partial charge in [-0.15, -0.1) is 0 Å². The quantitative estimate of drug-likeness (QED) is 0.154. The van der Waals surface area contributed by atoms with Crippen molar-refractivity contribution < 1.29 is 0 Å². The summed E-state index contributed by atoms with van der Waals surface area (Å²) in [6.07, 6.45) is 0. The van der Waals surface area contributed by atoms with E-state index in [2.05, 4.69) is 301 Å². The van der Waals surface area contributed by atoms with E-state index >= 15 is 0 Å². The maximum Gasteiger partial charge on any atom is 0.0726 e. The average molecular weight is 977 g/mol. The van der Waals surface area contributed by atoms with E-state index < -0.39 is 5.41 Å². The molecule has 0 saturated heterocycles. The van der Waals surface area contributed by atoms with Crippen LogP contribution in [0.3, 0.4) is 0 Å².